The molecule has 0 bridgehead atoms. The summed E-state index contributed by atoms with van der Waals surface area (Å²) in [5.74, 6) is 0. The Morgan fingerprint density at radius 1 is 0.792 bits per heavy atom. The molecule has 0 atom stereocenters. The number of hydrogen-bond acceptors (Lipinski definition) is 0. The Hall–Kier alpha value is -1.60. The van der Waals surface area contributed by atoms with E-state index in [9.17, 15) is 0 Å². The van der Waals surface area contributed by atoms with Crippen LogP contribution in [0.25, 0.3) is 5.57 Å². The molecular weight excluding hydrogens is 304 g/mol. The van der Waals surface area contributed by atoms with Gasteiger partial charge in [0, 0.05) is 0 Å². The highest BCUT2D eigenvalue weighted by molar-refractivity contribution is 6.70. The van der Waals surface area contributed by atoms with Gasteiger partial charge in [0.25, 0.3) is 0 Å². The van der Waals surface area contributed by atoms with Gasteiger partial charge in [-0.05, 0) is 35.1 Å². The summed E-state index contributed by atoms with van der Waals surface area (Å²) in [5, 5.41) is 1.52. The van der Waals surface area contributed by atoms with Crippen LogP contribution in [0.1, 0.15) is 55.7 Å². The molecule has 0 nitrogen and oxygen atoms in total. The molecule has 0 saturated carbocycles. The summed E-state index contributed by atoms with van der Waals surface area (Å²) in [6.45, 7) is 11.3. The first-order valence-corrected chi connectivity index (χ1v) is 12.4. The fourth-order valence-corrected chi connectivity index (χ4v) is 4.00. The average Bonchev–Trinajstić information content (AvgIpc) is 2.61. The van der Waals surface area contributed by atoms with Crippen LogP contribution in [0.4, 0.5) is 0 Å². The predicted molar refractivity (Wildman–Crippen MR) is 112 cm³/mol. The van der Waals surface area contributed by atoms with Gasteiger partial charge in [-0.15, -0.1) is 0 Å². The largest absolute Gasteiger partial charge is 0.0906 e. The number of aryl methyl sites for hydroxylation is 1. The van der Waals surface area contributed by atoms with Gasteiger partial charge in [0.2, 0.25) is 0 Å². The minimum atomic E-state index is -0.710. The van der Waals surface area contributed by atoms with Crippen LogP contribution < -0.4 is 5.19 Å². The number of rotatable bonds is 9. The quantitative estimate of drug-likeness (QED) is 0.392. The lowest BCUT2D eigenvalue weighted by Crippen LogP contribution is -2.21. The van der Waals surface area contributed by atoms with Crippen LogP contribution in [0, 0.1) is 0 Å². The van der Waals surface area contributed by atoms with Crippen molar-refractivity contribution < 1.29 is 0 Å². The molecule has 0 unspecified atom stereocenters. The summed E-state index contributed by atoms with van der Waals surface area (Å²) in [4.78, 5) is 0. The molecule has 0 fully saturated rings. The third-order valence-corrected chi connectivity index (χ3v) is 6.52. The maximum Gasteiger partial charge on any atom is 0.0647 e. The highest BCUT2D eigenvalue weighted by atomic mass is 28.3. The Bertz CT molecular complexity index is 620. The van der Waals surface area contributed by atoms with Crippen LogP contribution in [0.5, 0.6) is 0 Å². The Kier molecular flexibility index (Phi) is 7.52. The molecule has 0 amide bonds. The Balaban J connectivity index is 1.93. The summed E-state index contributed by atoms with van der Waals surface area (Å²) in [6, 6.07) is 18.0. The summed E-state index contributed by atoms with van der Waals surface area (Å²) < 4.78 is 0. The molecule has 128 valence electrons. The van der Waals surface area contributed by atoms with Gasteiger partial charge in [-0.1, -0.05) is 106 Å². The molecule has 2 aromatic rings. The fourth-order valence-electron chi connectivity index (χ4n) is 3.04. The van der Waals surface area contributed by atoms with E-state index in [1.807, 2.05) is 0 Å². The topological polar surface area (TPSA) is 0 Å². The van der Waals surface area contributed by atoms with Gasteiger partial charge in [-0.25, -0.2) is 0 Å². The van der Waals surface area contributed by atoms with Crippen LogP contribution in [-0.2, 0) is 6.42 Å². The zero-order valence-electron chi connectivity index (χ0n) is 15.6. The van der Waals surface area contributed by atoms with Gasteiger partial charge >= 0.3 is 0 Å². The van der Waals surface area contributed by atoms with E-state index in [4.69, 9.17) is 0 Å². The maximum absolute atomic E-state index is 4.31. The maximum atomic E-state index is 4.31. The minimum absolute atomic E-state index is 0.710. The zero-order chi connectivity index (χ0) is 17.4. The van der Waals surface area contributed by atoms with Crippen molar-refractivity contribution in [2.24, 2.45) is 0 Å². The third kappa shape index (κ3) is 5.49. The van der Waals surface area contributed by atoms with Gasteiger partial charge in [0.15, 0.2) is 0 Å². The van der Waals surface area contributed by atoms with E-state index < -0.39 is 8.80 Å². The van der Waals surface area contributed by atoms with Crippen LogP contribution in [0.2, 0.25) is 13.1 Å². The van der Waals surface area contributed by atoms with E-state index >= 15 is 0 Å². The molecule has 0 aromatic heterocycles. The second kappa shape index (κ2) is 9.63. The normalized spacial score (nSPS) is 11.0. The van der Waals surface area contributed by atoms with E-state index in [-0.39, 0.29) is 0 Å². The first-order valence-electron chi connectivity index (χ1n) is 9.50. The molecule has 1 heteroatoms. The molecule has 0 spiro atoms. The lowest BCUT2D eigenvalue weighted by molar-refractivity contribution is 0.632. The summed E-state index contributed by atoms with van der Waals surface area (Å²) in [7, 11) is -0.710. The first-order chi connectivity index (χ1) is 11.6. The van der Waals surface area contributed by atoms with Crippen LogP contribution in [0.3, 0.4) is 0 Å². The number of benzene rings is 2. The van der Waals surface area contributed by atoms with Crippen molar-refractivity contribution >= 4 is 19.6 Å². The lowest BCUT2D eigenvalue weighted by Gasteiger charge is -2.10. The molecule has 0 radical (unpaired) electrons. The minimum Gasteiger partial charge on any atom is -0.0906 e. The van der Waals surface area contributed by atoms with Crippen molar-refractivity contribution in [1.29, 1.82) is 0 Å². The van der Waals surface area contributed by atoms with Gasteiger partial charge in [0.1, 0.15) is 0 Å². The van der Waals surface area contributed by atoms with Crippen molar-refractivity contribution in [1.82, 2.24) is 0 Å². The molecule has 0 aliphatic rings. The molecule has 0 aliphatic heterocycles. The van der Waals surface area contributed by atoms with Crippen LogP contribution in [0.15, 0.2) is 55.1 Å². The van der Waals surface area contributed by atoms with Gasteiger partial charge in [-0.3, -0.25) is 0 Å². The first kappa shape index (κ1) is 18.7. The van der Waals surface area contributed by atoms with E-state index in [1.54, 1.807) is 0 Å². The average molecular weight is 337 g/mol. The van der Waals surface area contributed by atoms with E-state index in [1.165, 1.54) is 60.4 Å². The van der Waals surface area contributed by atoms with Crippen molar-refractivity contribution in [2.45, 2.75) is 58.5 Å². The molecule has 24 heavy (non-hydrogen) atoms. The second-order valence-corrected chi connectivity index (χ2v) is 10.1. The molecule has 2 rings (SSSR count). The van der Waals surface area contributed by atoms with Crippen molar-refractivity contribution in [3.05, 3.63) is 71.8 Å². The second-order valence-electron chi connectivity index (χ2n) is 7.12. The fraction of sp³-hybridized carbons (Fsp3) is 0.391. The van der Waals surface area contributed by atoms with Gasteiger partial charge in [0.05, 0.1) is 8.80 Å². The summed E-state index contributed by atoms with van der Waals surface area (Å²) in [6.07, 6.45) is 7.92. The number of unbranched alkanes of at least 4 members (excludes halogenated alkanes) is 4. The highest BCUT2D eigenvalue weighted by Crippen LogP contribution is 2.22. The van der Waals surface area contributed by atoms with Crippen molar-refractivity contribution in [2.75, 3.05) is 0 Å². The molecular formula is C23H32Si. The van der Waals surface area contributed by atoms with E-state index in [0.717, 1.165) is 5.57 Å². The van der Waals surface area contributed by atoms with Crippen molar-refractivity contribution in [3.8, 4) is 0 Å². The predicted octanol–water partition coefficient (Wildman–Crippen LogP) is 5.95. The third-order valence-electron chi connectivity index (χ3n) is 4.80. The smallest absolute Gasteiger partial charge is 0.0647 e. The summed E-state index contributed by atoms with van der Waals surface area (Å²) in [5.41, 5.74) is 5.05. The molecule has 0 N–H and O–H groups in total. The molecule has 0 heterocycles. The summed E-state index contributed by atoms with van der Waals surface area (Å²) >= 11 is 0. The number of hydrogen-bond donors (Lipinski definition) is 0. The Morgan fingerprint density at radius 2 is 1.33 bits per heavy atom. The molecule has 2 aromatic carbocycles. The zero-order valence-corrected chi connectivity index (χ0v) is 16.8. The molecule has 0 aliphatic carbocycles. The Labute approximate surface area is 150 Å². The van der Waals surface area contributed by atoms with Gasteiger partial charge < -0.3 is 0 Å². The van der Waals surface area contributed by atoms with E-state index in [2.05, 4.69) is 75.1 Å². The SMILES string of the molecule is C=C(c1ccc(CCCCCCC)cc1)c1ccc([SiH](C)C)cc1. The van der Waals surface area contributed by atoms with Crippen LogP contribution in [-0.4, -0.2) is 8.80 Å². The van der Waals surface area contributed by atoms with E-state index in [0.29, 0.717) is 0 Å². The van der Waals surface area contributed by atoms with Gasteiger partial charge in [-0.2, -0.15) is 0 Å². The highest BCUT2D eigenvalue weighted by Gasteiger charge is 2.05. The molecule has 0 saturated heterocycles. The lowest BCUT2D eigenvalue weighted by atomic mass is 9.97. The Morgan fingerprint density at radius 3 is 1.88 bits per heavy atom. The standard InChI is InChI=1S/C23H32Si/c1-5-6-7-8-9-10-20-11-13-21(14-12-20)19(2)22-15-17-23(18-16-22)24(3)4/h11-18,24H,2,5-10H2,1,3-4H3. The van der Waals surface area contributed by atoms with Crippen molar-refractivity contribution in [3.63, 3.8) is 0 Å². The van der Waals surface area contributed by atoms with Crippen LogP contribution >= 0.6 is 0 Å². The monoisotopic (exact) mass is 336 g/mol.